The van der Waals surface area contributed by atoms with E-state index in [2.05, 4.69) is 15.6 Å². The van der Waals surface area contributed by atoms with Crippen LogP contribution in [0, 0.1) is 12.8 Å². The molecule has 2 N–H and O–H groups in total. The van der Waals surface area contributed by atoms with E-state index in [9.17, 15) is 4.79 Å². The fourth-order valence-corrected chi connectivity index (χ4v) is 1.07. The van der Waals surface area contributed by atoms with Gasteiger partial charge in [-0.15, -0.1) is 0 Å². The molecule has 4 heteroatoms. The second-order valence-corrected chi connectivity index (χ2v) is 3.89. The number of hydrogen-bond acceptors (Lipinski definition) is 2. The summed E-state index contributed by atoms with van der Waals surface area (Å²) in [5.74, 6) is 1.03. The van der Waals surface area contributed by atoms with Gasteiger partial charge in [-0.1, -0.05) is 19.9 Å². The predicted octanol–water partition coefficient (Wildman–Crippen LogP) is 2.17. The van der Waals surface area contributed by atoms with Crippen molar-refractivity contribution in [2.45, 2.75) is 20.8 Å². The van der Waals surface area contributed by atoms with Crippen molar-refractivity contribution in [2.24, 2.45) is 5.92 Å². The molecule has 0 fully saturated rings. The first-order chi connectivity index (χ1) is 7.08. The summed E-state index contributed by atoms with van der Waals surface area (Å²) < 4.78 is 0. The van der Waals surface area contributed by atoms with Crippen LogP contribution in [0.1, 0.15) is 19.5 Å². The van der Waals surface area contributed by atoms with Gasteiger partial charge < -0.3 is 5.32 Å². The molecule has 1 heterocycles. The molecule has 15 heavy (non-hydrogen) atoms. The number of aryl methyl sites for hydroxylation is 1. The molecule has 0 spiro atoms. The third kappa shape index (κ3) is 4.44. The van der Waals surface area contributed by atoms with Crippen LogP contribution >= 0.6 is 0 Å². The fraction of sp³-hybridized carbons (Fsp3) is 0.455. The van der Waals surface area contributed by atoms with Crippen molar-refractivity contribution < 1.29 is 4.79 Å². The van der Waals surface area contributed by atoms with Gasteiger partial charge in [0.15, 0.2) is 0 Å². The second-order valence-electron chi connectivity index (χ2n) is 3.89. The molecule has 0 radical (unpaired) electrons. The number of nitrogens with zero attached hydrogens (tertiary/aromatic N) is 1. The highest BCUT2D eigenvalue weighted by atomic mass is 16.2. The average Bonchev–Trinajstić information content (AvgIpc) is 2.15. The van der Waals surface area contributed by atoms with E-state index in [4.69, 9.17) is 0 Å². The van der Waals surface area contributed by atoms with Crippen molar-refractivity contribution in [1.82, 2.24) is 10.3 Å². The van der Waals surface area contributed by atoms with E-state index >= 15 is 0 Å². The zero-order chi connectivity index (χ0) is 11.3. The molecular formula is C11H17N3O. The highest BCUT2D eigenvalue weighted by Crippen LogP contribution is 2.03. The smallest absolute Gasteiger partial charge is 0.320 e. The third-order valence-electron chi connectivity index (χ3n) is 1.80. The molecule has 0 atom stereocenters. The number of carbonyl (C=O) groups excluding carboxylic acids is 1. The van der Waals surface area contributed by atoms with Gasteiger partial charge in [0.1, 0.15) is 5.82 Å². The summed E-state index contributed by atoms with van der Waals surface area (Å²) in [7, 11) is 0. The van der Waals surface area contributed by atoms with Gasteiger partial charge in [-0.25, -0.2) is 9.78 Å². The molecule has 0 aromatic carbocycles. The Morgan fingerprint density at radius 3 is 2.80 bits per heavy atom. The van der Waals surface area contributed by atoms with Crippen molar-refractivity contribution >= 4 is 11.8 Å². The summed E-state index contributed by atoms with van der Waals surface area (Å²) in [6.07, 6.45) is 0. The Bertz CT molecular complexity index is 336. The largest absolute Gasteiger partial charge is 0.338 e. The molecule has 0 aliphatic heterocycles. The van der Waals surface area contributed by atoms with Crippen molar-refractivity contribution in [3.05, 3.63) is 23.9 Å². The molecule has 0 saturated heterocycles. The molecule has 0 unspecified atom stereocenters. The molecule has 0 bridgehead atoms. The number of nitrogens with one attached hydrogen (secondary N) is 2. The quantitative estimate of drug-likeness (QED) is 0.798. The minimum absolute atomic E-state index is 0.207. The van der Waals surface area contributed by atoms with E-state index < -0.39 is 0 Å². The van der Waals surface area contributed by atoms with Crippen LogP contribution in [0.25, 0.3) is 0 Å². The van der Waals surface area contributed by atoms with Crippen LogP contribution in [0.3, 0.4) is 0 Å². The van der Waals surface area contributed by atoms with Gasteiger partial charge in [-0.05, 0) is 25.0 Å². The Labute approximate surface area is 90.1 Å². The lowest BCUT2D eigenvalue weighted by molar-refractivity contribution is 0.251. The minimum Gasteiger partial charge on any atom is -0.338 e. The summed E-state index contributed by atoms with van der Waals surface area (Å²) in [5.41, 5.74) is 0.886. The monoisotopic (exact) mass is 207 g/mol. The Morgan fingerprint density at radius 2 is 2.20 bits per heavy atom. The number of anilines is 1. The first-order valence-electron chi connectivity index (χ1n) is 5.06. The summed E-state index contributed by atoms with van der Waals surface area (Å²) >= 11 is 0. The van der Waals surface area contributed by atoms with Gasteiger partial charge in [-0.2, -0.15) is 0 Å². The summed E-state index contributed by atoms with van der Waals surface area (Å²) in [5, 5.41) is 5.44. The third-order valence-corrected chi connectivity index (χ3v) is 1.80. The number of hydrogen-bond donors (Lipinski definition) is 2. The molecule has 1 aromatic rings. The van der Waals surface area contributed by atoms with Crippen molar-refractivity contribution in [3.63, 3.8) is 0 Å². The standard InChI is InChI=1S/C11H17N3O/c1-8(2)7-12-11(15)14-10-6-4-5-9(3)13-10/h4-6,8H,7H2,1-3H3,(H2,12,13,14,15). The van der Waals surface area contributed by atoms with Gasteiger partial charge in [0.2, 0.25) is 0 Å². The average molecular weight is 207 g/mol. The Morgan fingerprint density at radius 1 is 1.47 bits per heavy atom. The number of urea groups is 1. The Hall–Kier alpha value is -1.58. The molecule has 4 nitrogen and oxygen atoms in total. The first-order valence-corrected chi connectivity index (χ1v) is 5.06. The maximum absolute atomic E-state index is 11.4. The lowest BCUT2D eigenvalue weighted by Crippen LogP contribution is -2.31. The summed E-state index contributed by atoms with van der Waals surface area (Å²) in [6.45, 7) is 6.64. The van der Waals surface area contributed by atoms with E-state index in [1.54, 1.807) is 6.07 Å². The first kappa shape index (κ1) is 11.5. The SMILES string of the molecule is Cc1cccc(NC(=O)NCC(C)C)n1. The minimum atomic E-state index is -0.207. The summed E-state index contributed by atoms with van der Waals surface area (Å²) in [6, 6.07) is 5.31. The number of pyridine rings is 1. The van der Waals surface area contributed by atoms with Gasteiger partial charge in [-0.3, -0.25) is 5.32 Å². The zero-order valence-electron chi connectivity index (χ0n) is 9.37. The normalized spacial score (nSPS) is 10.1. The summed E-state index contributed by atoms with van der Waals surface area (Å²) in [4.78, 5) is 15.5. The van der Waals surface area contributed by atoms with E-state index in [-0.39, 0.29) is 6.03 Å². The maximum atomic E-state index is 11.4. The molecule has 0 aliphatic carbocycles. The fourth-order valence-electron chi connectivity index (χ4n) is 1.07. The highest BCUT2D eigenvalue weighted by Gasteiger charge is 2.02. The van der Waals surface area contributed by atoms with Gasteiger partial charge >= 0.3 is 6.03 Å². The van der Waals surface area contributed by atoms with Gasteiger partial charge in [0, 0.05) is 12.2 Å². The predicted molar refractivity (Wildman–Crippen MR) is 60.8 cm³/mol. The molecule has 2 amide bonds. The van der Waals surface area contributed by atoms with E-state index in [0.717, 1.165) is 5.69 Å². The van der Waals surface area contributed by atoms with Crippen LogP contribution in [-0.4, -0.2) is 17.6 Å². The van der Waals surface area contributed by atoms with Crippen molar-refractivity contribution in [3.8, 4) is 0 Å². The van der Waals surface area contributed by atoms with Crippen LogP contribution in [0.5, 0.6) is 0 Å². The molecule has 1 aromatic heterocycles. The Balaban J connectivity index is 2.44. The highest BCUT2D eigenvalue weighted by molar-refractivity contribution is 5.88. The maximum Gasteiger partial charge on any atom is 0.320 e. The number of carbonyl (C=O) groups is 1. The molecular weight excluding hydrogens is 190 g/mol. The molecule has 1 rings (SSSR count). The van der Waals surface area contributed by atoms with Gasteiger partial charge in [0.05, 0.1) is 0 Å². The van der Waals surface area contributed by atoms with E-state index in [0.29, 0.717) is 18.3 Å². The number of rotatable bonds is 3. The second kappa shape index (κ2) is 5.34. The molecule has 82 valence electrons. The molecule has 0 saturated carbocycles. The zero-order valence-corrected chi connectivity index (χ0v) is 9.37. The number of aromatic nitrogens is 1. The number of amides is 2. The lowest BCUT2D eigenvalue weighted by atomic mass is 10.2. The van der Waals surface area contributed by atoms with Crippen LogP contribution in [0.4, 0.5) is 10.6 Å². The Kier molecular flexibility index (Phi) is 4.09. The van der Waals surface area contributed by atoms with Crippen LogP contribution in [0.15, 0.2) is 18.2 Å². The van der Waals surface area contributed by atoms with Crippen LogP contribution < -0.4 is 10.6 Å². The van der Waals surface area contributed by atoms with Crippen LogP contribution in [0.2, 0.25) is 0 Å². The molecule has 0 aliphatic rings. The van der Waals surface area contributed by atoms with E-state index in [1.807, 2.05) is 32.9 Å². The van der Waals surface area contributed by atoms with Gasteiger partial charge in [0.25, 0.3) is 0 Å². The van der Waals surface area contributed by atoms with Crippen molar-refractivity contribution in [1.29, 1.82) is 0 Å². The van der Waals surface area contributed by atoms with Crippen LogP contribution in [-0.2, 0) is 0 Å². The van der Waals surface area contributed by atoms with E-state index in [1.165, 1.54) is 0 Å². The van der Waals surface area contributed by atoms with Crippen molar-refractivity contribution in [2.75, 3.05) is 11.9 Å². The lowest BCUT2D eigenvalue weighted by Gasteiger charge is -2.08. The topological polar surface area (TPSA) is 54.0 Å².